The third-order valence-corrected chi connectivity index (χ3v) is 7.51. The molecule has 3 aromatic rings. The van der Waals surface area contributed by atoms with Crippen molar-refractivity contribution in [3.05, 3.63) is 92.9 Å². The highest BCUT2D eigenvalue weighted by Gasteiger charge is 2.30. The summed E-state index contributed by atoms with van der Waals surface area (Å²) in [5, 5.41) is 37.1. The summed E-state index contributed by atoms with van der Waals surface area (Å²) in [4.78, 5) is 61.4. The van der Waals surface area contributed by atoms with Crippen molar-refractivity contribution >= 4 is 79.8 Å². The van der Waals surface area contributed by atoms with Crippen LogP contribution in [0.25, 0.3) is 0 Å². The monoisotopic (exact) mass is 752 g/mol. The van der Waals surface area contributed by atoms with Gasteiger partial charge in [0.05, 0.1) is 19.8 Å². The number of sulfonamides is 1. The molecule has 0 aliphatic carbocycles. The Morgan fingerprint density at radius 2 is 0.875 bits per heavy atom. The molecular formula is C26H23Cl3N4O14S. The van der Waals surface area contributed by atoms with E-state index >= 15 is 0 Å². The molecule has 3 rings (SSSR count). The Kier molecular flexibility index (Phi) is 14.8. The maximum atomic E-state index is 11.3. The number of nitro groups is 3. The summed E-state index contributed by atoms with van der Waals surface area (Å²) in [5.41, 5.74) is -0.514. The van der Waals surface area contributed by atoms with Crippen LogP contribution in [-0.2, 0) is 24.4 Å². The first-order chi connectivity index (χ1) is 22.0. The number of halogens is 3. The van der Waals surface area contributed by atoms with Gasteiger partial charge >= 0.3 is 35.0 Å². The van der Waals surface area contributed by atoms with E-state index in [1.54, 1.807) is 13.8 Å². The number of carbonyl (C=O) groups is 3. The second-order valence-electron chi connectivity index (χ2n) is 8.86. The molecule has 0 aliphatic rings. The zero-order valence-electron chi connectivity index (χ0n) is 25.1. The average molecular weight is 754 g/mol. The highest BCUT2D eigenvalue weighted by Crippen LogP contribution is 2.39. The molecule has 0 radical (unpaired) electrons. The number of nitrogens with zero attached hydrogens (tertiary/aromatic N) is 3. The average Bonchev–Trinajstić information content (AvgIpc) is 2.92. The lowest BCUT2D eigenvalue weighted by atomic mass is 10.2. The van der Waals surface area contributed by atoms with E-state index in [0.717, 1.165) is 19.1 Å². The number of nitro benzene ring substituents is 3. The largest absolute Gasteiger partial charge is 0.419 e. The van der Waals surface area contributed by atoms with Gasteiger partial charge in [-0.2, -0.15) is 0 Å². The Morgan fingerprint density at radius 3 is 1.15 bits per heavy atom. The molecule has 0 fully saturated rings. The summed E-state index contributed by atoms with van der Waals surface area (Å²) in [6.45, 7) is 6.40. The van der Waals surface area contributed by atoms with E-state index in [4.69, 9.17) is 49.4 Å². The molecular weight excluding hydrogens is 731 g/mol. The fourth-order valence-electron chi connectivity index (χ4n) is 3.32. The standard InChI is InChI=1S/2C9H8ClNO4.C8H7ClN2O6S/c2*1-5-7(10)3-4-8(11(13)14)9(5)15-6(2)12;1-4(12)17-7-6(11(13)14)3-2-5(9)8(7)18(10,15)16/h2*3-4H,1-2H3;2-3H,1H3,(H2,10,15,16). The molecule has 0 amide bonds. The van der Waals surface area contributed by atoms with Gasteiger partial charge in [0.15, 0.2) is 4.90 Å². The Labute approximate surface area is 285 Å². The van der Waals surface area contributed by atoms with Gasteiger partial charge in [0.1, 0.15) is 0 Å². The predicted molar refractivity (Wildman–Crippen MR) is 169 cm³/mol. The number of hydrogen-bond donors (Lipinski definition) is 1. The van der Waals surface area contributed by atoms with Gasteiger partial charge in [-0.1, -0.05) is 34.8 Å². The molecule has 0 aliphatic heterocycles. The van der Waals surface area contributed by atoms with Crippen molar-refractivity contribution in [2.24, 2.45) is 5.14 Å². The van der Waals surface area contributed by atoms with Crippen LogP contribution in [0, 0.1) is 44.2 Å². The van der Waals surface area contributed by atoms with E-state index in [-0.39, 0.29) is 27.9 Å². The molecule has 0 atom stereocenters. The van der Waals surface area contributed by atoms with Gasteiger partial charge in [0.2, 0.25) is 27.3 Å². The molecule has 22 heteroatoms. The van der Waals surface area contributed by atoms with Crippen molar-refractivity contribution in [3.63, 3.8) is 0 Å². The molecule has 48 heavy (non-hydrogen) atoms. The maximum Gasteiger partial charge on any atom is 0.313 e. The highest BCUT2D eigenvalue weighted by molar-refractivity contribution is 7.89. The Morgan fingerprint density at radius 1 is 0.604 bits per heavy atom. The van der Waals surface area contributed by atoms with Crippen molar-refractivity contribution in [1.82, 2.24) is 0 Å². The number of benzene rings is 3. The maximum absolute atomic E-state index is 11.3. The van der Waals surface area contributed by atoms with Gasteiger partial charge in [0, 0.05) is 60.1 Å². The third-order valence-electron chi connectivity index (χ3n) is 5.29. The summed E-state index contributed by atoms with van der Waals surface area (Å²) < 4.78 is 36.6. The summed E-state index contributed by atoms with van der Waals surface area (Å²) in [6.07, 6.45) is 0. The van der Waals surface area contributed by atoms with Crippen LogP contribution in [-0.4, -0.2) is 41.1 Å². The van der Waals surface area contributed by atoms with E-state index < -0.39 is 59.0 Å². The fraction of sp³-hybridized carbons (Fsp3) is 0.192. The molecule has 0 heterocycles. The van der Waals surface area contributed by atoms with Gasteiger partial charge < -0.3 is 14.2 Å². The van der Waals surface area contributed by atoms with Crippen molar-refractivity contribution in [2.45, 2.75) is 39.5 Å². The van der Waals surface area contributed by atoms with Crippen LogP contribution < -0.4 is 19.3 Å². The summed E-state index contributed by atoms with van der Waals surface area (Å²) in [6, 6.07) is 7.08. The minimum absolute atomic E-state index is 0.0972. The molecule has 0 saturated carbocycles. The number of carbonyl (C=O) groups excluding carboxylic acids is 3. The smallest absolute Gasteiger partial charge is 0.313 e. The van der Waals surface area contributed by atoms with E-state index in [1.807, 2.05) is 0 Å². The normalized spacial score (nSPS) is 10.3. The van der Waals surface area contributed by atoms with Crippen molar-refractivity contribution < 1.29 is 51.8 Å². The van der Waals surface area contributed by atoms with Gasteiger partial charge in [-0.15, -0.1) is 0 Å². The van der Waals surface area contributed by atoms with E-state index in [1.165, 1.54) is 38.1 Å². The zero-order chi connectivity index (χ0) is 37.3. The number of esters is 3. The molecule has 2 N–H and O–H groups in total. The molecule has 0 saturated heterocycles. The molecule has 0 unspecified atom stereocenters. The summed E-state index contributed by atoms with van der Waals surface area (Å²) in [5.74, 6) is -3.17. The Bertz CT molecular complexity index is 1840. The van der Waals surface area contributed by atoms with Crippen LogP contribution in [0.3, 0.4) is 0 Å². The first-order valence-electron chi connectivity index (χ1n) is 12.4. The Balaban J connectivity index is 0.000000362. The molecule has 0 spiro atoms. The highest BCUT2D eigenvalue weighted by atomic mass is 35.5. The second-order valence-corrected chi connectivity index (χ2v) is 11.6. The second kappa shape index (κ2) is 17.3. The fourth-order valence-corrected chi connectivity index (χ4v) is 4.83. The van der Waals surface area contributed by atoms with Gasteiger partial charge in [-0.3, -0.25) is 44.7 Å². The van der Waals surface area contributed by atoms with Crippen LogP contribution in [0.1, 0.15) is 31.9 Å². The molecule has 3 aromatic carbocycles. The van der Waals surface area contributed by atoms with Gasteiger partial charge in [-0.25, -0.2) is 13.6 Å². The lowest BCUT2D eigenvalue weighted by Gasteiger charge is -2.09. The molecule has 18 nitrogen and oxygen atoms in total. The minimum Gasteiger partial charge on any atom is -0.419 e. The first-order valence-corrected chi connectivity index (χ1v) is 15.1. The predicted octanol–water partition coefficient (Wildman–Crippen LogP) is 5.78. The summed E-state index contributed by atoms with van der Waals surface area (Å²) in [7, 11) is -4.38. The van der Waals surface area contributed by atoms with E-state index in [0.29, 0.717) is 21.2 Å². The molecule has 0 bridgehead atoms. The van der Waals surface area contributed by atoms with Crippen LogP contribution in [0.4, 0.5) is 17.1 Å². The van der Waals surface area contributed by atoms with Crippen LogP contribution in [0.5, 0.6) is 17.2 Å². The van der Waals surface area contributed by atoms with Gasteiger partial charge in [-0.05, 0) is 32.0 Å². The zero-order valence-corrected chi connectivity index (χ0v) is 28.2. The first kappa shape index (κ1) is 41.1. The van der Waals surface area contributed by atoms with E-state index in [2.05, 4.69) is 4.74 Å². The minimum atomic E-state index is -4.38. The number of hydrogen-bond acceptors (Lipinski definition) is 14. The quantitative estimate of drug-likeness (QED) is 0.130. The lowest BCUT2D eigenvalue weighted by Crippen LogP contribution is -2.16. The van der Waals surface area contributed by atoms with Crippen LogP contribution in [0.2, 0.25) is 15.1 Å². The van der Waals surface area contributed by atoms with Gasteiger partial charge in [0.25, 0.3) is 0 Å². The lowest BCUT2D eigenvalue weighted by molar-refractivity contribution is -0.386. The van der Waals surface area contributed by atoms with Crippen LogP contribution >= 0.6 is 34.8 Å². The number of primary sulfonamides is 1. The molecule has 258 valence electrons. The SMILES string of the molecule is CC(=O)Oc1c([N+](=O)[O-])ccc(Cl)c1C.CC(=O)Oc1c([N+](=O)[O-])ccc(Cl)c1C.CC(=O)Oc1c([N+](=O)[O-])ccc(Cl)c1S(N)(=O)=O. The van der Waals surface area contributed by atoms with E-state index in [9.17, 15) is 53.1 Å². The number of nitrogens with two attached hydrogens (primary N) is 1. The van der Waals surface area contributed by atoms with Crippen LogP contribution in [0.15, 0.2) is 41.3 Å². The number of rotatable bonds is 7. The number of ether oxygens (including phenoxy) is 3. The summed E-state index contributed by atoms with van der Waals surface area (Å²) >= 11 is 17.1. The van der Waals surface area contributed by atoms with Crippen molar-refractivity contribution in [2.75, 3.05) is 0 Å². The topological polar surface area (TPSA) is 268 Å². The molecule has 0 aromatic heterocycles. The van der Waals surface area contributed by atoms with Crippen molar-refractivity contribution in [3.8, 4) is 17.2 Å². The third kappa shape index (κ3) is 11.4. The van der Waals surface area contributed by atoms with Crippen molar-refractivity contribution in [1.29, 1.82) is 0 Å². The Hall–Kier alpha value is -4.95.